The molecular weight excluding hydrogens is 248 g/mol. The fourth-order valence-corrected chi connectivity index (χ4v) is 2.02. The summed E-state index contributed by atoms with van der Waals surface area (Å²) in [5.74, 6) is -1.39. The zero-order valence-corrected chi connectivity index (χ0v) is 9.47. The average Bonchev–Trinajstić information content (AvgIpc) is 2.75. The van der Waals surface area contributed by atoms with Gasteiger partial charge in [-0.15, -0.1) is 0 Å². The van der Waals surface area contributed by atoms with Gasteiger partial charge in [0, 0.05) is 5.38 Å². The molecule has 17 heavy (non-hydrogen) atoms. The van der Waals surface area contributed by atoms with E-state index in [0.29, 0.717) is 4.96 Å². The highest BCUT2D eigenvalue weighted by atomic mass is 32.1. The van der Waals surface area contributed by atoms with Gasteiger partial charge in [0.15, 0.2) is 0 Å². The van der Waals surface area contributed by atoms with Crippen LogP contribution in [0, 0.1) is 10.1 Å². The van der Waals surface area contributed by atoms with Crippen molar-refractivity contribution in [1.29, 1.82) is 0 Å². The van der Waals surface area contributed by atoms with E-state index in [1.807, 2.05) is 0 Å². The molecule has 8 nitrogen and oxygen atoms in total. The Labute approximate surface area is 98.7 Å². The number of imidazole rings is 1. The molecule has 1 atom stereocenters. The molecule has 0 amide bonds. The van der Waals surface area contributed by atoms with Crippen molar-refractivity contribution in [3.63, 3.8) is 0 Å². The Balaban J connectivity index is 2.45. The number of hydrogen-bond donors (Lipinski definition) is 2. The Kier molecular flexibility index (Phi) is 2.68. The van der Waals surface area contributed by atoms with Crippen molar-refractivity contribution in [1.82, 2.24) is 9.38 Å². The SMILES string of the molecule is C[C@H](Nc1nc2sccn2c1[N+](=O)[O-])C(=O)O. The molecule has 2 heterocycles. The molecule has 90 valence electrons. The summed E-state index contributed by atoms with van der Waals surface area (Å²) in [7, 11) is 0. The third-order valence-electron chi connectivity index (χ3n) is 2.13. The second-order valence-electron chi connectivity index (χ2n) is 3.30. The predicted molar refractivity (Wildman–Crippen MR) is 60.4 cm³/mol. The van der Waals surface area contributed by atoms with Gasteiger partial charge in [0.2, 0.25) is 5.82 Å². The van der Waals surface area contributed by atoms with Gasteiger partial charge in [-0.25, -0.2) is 0 Å². The lowest BCUT2D eigenvalue weighted by molar-refractivity contribution is -0.389. The minimum absolute atomic E-state index is 0.0308. The zero-order chi connectivity index (χ0) is 12.6. The highest BCUT2D eigenvalue weighted by molar-refractivity contribution is 7.15. The summed E-state index contributed by atoms with van der Waals surface area (Å²) in [6.07, 6.45) is 1.52. The lowest BCUT2D eigenvalue weighted by Crippen LogP contribution is -2.25. The van der Waals surface area contributed by atoms with E-state index in [-0.39, 0.29) is 11.6 Å². The van der Waals surface area contributed by atoms with Gasteiger partial charge >= 0.3 is 11.8 Å². The number of aromatic nitrogens is 2. The number of rotatable bonds is 4. The number of nitro groups is 1. The van der Waals surface area contributed by atoms with E-state index in [4.69, 9.17) is 5.11 Å². The molecule has 0 saturated carbocycles. The molecule has 0 saturated heterocycles. The van der Waals surface area contributed by atoms with Gasteiger partial charge in [-0.1, -0.05) is 11.3 Å². The molecule has 0 aliphatic carbocycles. The van der Waals surface area contributed by atoms with Crippen LogP contribution in [0.1, 0.15) is 6.92 Å². The van der Waals surface area contributed by atoms with Crippen LogP contribution in [0.4, 0.5) is 11.6 Å². The summed E-state index contributed by atoms with van der Waals surface area (Å²) in [5.41, 5.74) is 0. The van der Waals surface area contributed by atoms with Gasteiger partial charge in [-0.05, 0) is 11.8 Å². The van der Waals surface area contributed by atoms with Gasteiger partial charge in [-0.2, -0.15) is 9.38 Å². The molecular formula is C8H8N4O4S. The maximum absolute atomic E-state index is 10.9. The lowest BCUT2D eigenvalue weighted by atomic mass is 10.3. The van der Waals surface area contributed by atoms with Gasteiger partial charge in [0.25, 0.3) is 4.96 Å². The van der Waals surface area contributed by atoms with Crippen LogP contribution in [0.25, 0.3) is 4.96 Å². The molecule has 0 unspecified atom stereocenters. The van der Waals surface area contributed by atoms with Crippen LogP contribution in [0.3, 0.4) is 0 Å². The third kappa shape index (κ3) is 1.91. The summed E-state index contributed by atoms with van der Waals surface area (Å²) in [5, 5.41) is 23.8. The number of thiazole rings is 1. The van der Waals surface area contributed by atoms with Crippen LogP contribution in [0.15, 0.2) is 11.6 Å². The Hall–Kier alpha value is -2.16. The number of nitrogens with one attached hydrogen (secondary N) is 1. The van der Waals surface area contributed by atoms with E-state index < -0.39 is 16.9 Å². The summed E-state index contributed by atoms with van der Waals surface area (Å²) >= 11 is 1.24. The van der Waals surface area contributed by atoms with Gasteiger partial charge in [0.05, 0.1) is 0 Å². The fourth-order valence-electron chi connectivity index (χ4n) is 1.31. The summed E-state index contributed by atoms with van der Waals surface area (Å²) in [4.78, 5) is 25.4. The highest BCUT2D eigenvalue weighted by Gasteiger charge is 2.25. The highest BCUT2D eigenvalue weighted by Crippen LogP contribution is 2.28. The minimum Gasteiger partial charge on any atom is -0.480 e. The van der Waals surface area contributed by atoms with Crippen LogP contribution in [-0.4, -0.2) is 31.4 Å². The van der Waals surface area contributed by atoms with Gasteiger partial charge in [0.1, 0.15) is 12.2 Å². The van der Waals surface area contributed by atoms with Crippen LogP contribution in [0.5, 0.6) is 0 Å². The van der Waals surface area contributed by atoms with Crippen molar-refractivity contribution in [3.05, 3.63) is 21.7 Å². The summed E-state index contributed by atoms with van der Waals surface area (Å²) in [6.45, 7) is 1.39. The number of anilines is 1. The van der Waals surface area contributed by atoms with Crippen LogP contribution < -0.4 is 5.32 Å². The maximum atomic E-state index is 10.9. The van der Waals surface area contributed by atoms with Gasteiger partial charge in [-0.3, -0.25) is 4.79 Å². The normalized spacial score (nSPS) is 12.5. The number of nitrogens with zero attached hydrogens (tertiary/aromatic N) is 3. The number of carboxylic acid groups (broad SMARTS) is 1. The molecule has 0 fully saturated rings. The first-order valence-corrected chi connectivity index (χ1v) is 5.48. The number of aliphatic carboxylic acids is 1. The van der Waals surface area contributed by atoms with E-state index in [1.54, 1.807) is 5.38 Å². The zero-order valence-electron chi connectivity index (χ0n) is 8.65. The van der Waals surface area contributed by atoms with E-state index in [1.165, 1.54) is 28.9 Å². The van der Waals surface area contributed by atoms with E-state index in [2.05, 4.69) is 10.3 Å². The Bertz CT molecular complexity index is 589. The molecule has 2 aromatic rings. The van der Waals surface area contributed by atoms with E-state index in [9.17, 15) is 14.9 Å². The smallest absolute Gasteiger partial charge is 0.372 e. The van der Waals surface area contributed by atoms with Crippen LogP contribution in [-0.2, 0) is 4.79 Å². The first-order valence-electron chi connectivity index (χ1n) is 4.60. The summed E-state index contributed by atoms with van der Waals surface area (Å²) in [6, 6.07) is -0.946. The topological polar surface area (TPSA) is 110 Å². The van der Waals surface area contributed by atoms with Crippen molar-refractivity contribution in [3.8, 4) is 0 Å². The van der Waals surface area contributed by atoms with E-state index >= 15 is 0 Å². The largest absolute Gasteiger partial charge is 0.480 e. The Morgan fingerprint density at radius 1 is 1.76 bits per heavy atom. The van der Waals surface area contributed by atoms with Crippen LogP contribution in [0.2, 0.25) is 0 Å². The van der Waals surface area contributed by atoms with Crippen molar-refractivity contribution in [2.24, 2.45) is 0 Å². The monoisotopic (exact) mass is 256 g/mol. The predicted octanol–water partition coefficient (Wildman–Crippen LogP) is 1.19. The van der Waals surface area contributed by atoms with Crippen molar-refractivity contribution in [2.75, 3.05) is 5.32 Å². The van der Waals surface area contributed by atoms with E-state index in [0.717, 1.165) is 0 Å². The lowest BCUT2D eigenvalue weighted by Gasteiger charge is -2.06. The molecule has 2 N–H and O–H groups in total. The molecule has 0 aromatic carbocycles. The van der Waals surface area contributed by atoms with Crippen LogP contribution >= 0.6 is 11.3 Å². The molecule has 0 bridgehead atoms. The second-order valence-corrected chi connectivity index (χ2v) is 4.17. The fraction of sp³-hybridized carbons (Fsp3) is 0.250. The Morgan fingerprint density at radius 3 is 3.06 bits per heavy atom. The number of fused-ring (bicyclic) bond motifs is 1. The summed E-state index contributed by atoms with van der Waals surface area (Å²) < 4.78 is 1.31. The molecule has 0 radical (unpaired) electrons. The molecule has 2 rings (SSSR count). The van der Waals surface area contributed by atoms with Gasteiger partial charge < -0.3 is 20.5 Å². The third-order valence-corrected chi connectivity index (χ3v) is 2.89. The number of hydrogen-bond acceptors (Lipinski definition) is 6. The van der Waals surface area contributed by atoms with Crippen molar-refractivity contribution in [2.45, 2.75) is 13.0 Å². The molecule has 0 aliphatic heterocycles. The number of carbonyl (C=O) groups is 1. The first-order chi connectivity index (χ1) is 8.00. The second kappa shape index (κ2) is 4.01. The molecule has 2 aromatic heterocycles. The minimum atomic E-state index is -1.10. The Morgan fingerprint density at radius 2 is 2.47 bits per heavy atom. The maximum Gasteiger partial charge on any atom is 0.372 e. The van der Waals surface area contributed by atoms with Crippen molar-refractivity contribution < 1.29 is 14.8 Å². The van der Waals surface area contributed by atoms with Crippen molar-refractivity contribution >= 4 is 33.9 Å². The molecule has 0 aliphatic rings. The standard InChI is InChI=1S/C8H8N4O4S/c1-4(7(13)14)9-5-6(12(15)16)11-2-3-17-8(11)10-5/h2-4,9H,1H3,(H,13,14)/t4-/m0/s1. The molecule has 0 spiro atoms. The number of carboxylic acids is 1. The average molecular weight is 256 g/mol. The quantitative estimate of drug-likeness (QED) is 0.628. The first kappa shape index (κ1) is 11.3. The molecule has 9 heteroatoms.